The van der Waals surface area contributed by atoms with Crippen LogP contribution in [0.4, 0.5) is 0 Å². The van der Waals surface area contributed by atoms with E-state index in [1.165, 1.54) is 8.82 Å². The fraction of sp³-hybridized carbons (Fsp3) is 0.407. The maximum atomic E-state index is 13.6. The molecule has 1 atom stereocenters. The molecule has 1 unspecified atom stereocenters. The van der Waals surface area contributed by atoms with Crippen LogP contribution in [-0.2, 0) is 34.8 Å². The van der Waals surface area contributed by atoms with Crippen LogP contribution in [0.15, 0.2) is 46.1 Å². The van der Waals surface area contributed by atoms with Gasteiger partial charge in [-0.25, -0.2) is 17.9 Å². The maximum Gasteiger partial charge on any atom is 0.277 e. The van der Waals surface area contributed by atoms with E-state index in [9.17, 15) is 18.0 Å². The van der Waals surface area contributed by atoms with Gasteiger partial charge >= 0.3 is 0 Å². The number of fused-ring (bicyclic) bond motifs is 2. The van der Waals surface area contributed by atoms with Crippen molar-refractivity contribution in [3.8, 4) is 11.3 Å². The average molecular weight is 550 g/mol. The van der Waals surface area contributed by atoms with Crippen LogP contribution in [0.5, 0.6) is 0 Å². The van der Waals surface area contributed by atoms with Gasteiger partial charge in [0.2, 0.25) is 15.9 Å². The summed E-state index contributed by atoms with van der Waals surface area (Å²) < 4.78 is 31.4. The Morgan fingerprint density at radius 2 is 1.90 bits per heavy atom. The highest BCUT2D eigenvalue weighted by molar-refractivity contribution is 7.89. The summed E-state index contributed by atoms with van der Waals surface area (Å²) in [5.41, 5.74) is 4.30. The number of carbonyl (C=O) groups is 1. The number of nitrogens with one attached hydrogen (secondary N) is 1. The van der Waals surface area contributed by atoms with Crippen molar-refractivity contribution < 1.29 is 13.2 Å². The summed E-state index contributed by atoms with van der Waals surface area (Å²) in [6.07, 6.45) is 1.67. The summed E-state index contributed by atoms with van der Waals surface area (Å²) in [7, 11) is -2.07. The lowest BCUT2D eigenvalue weighted by Gasteiger charge is -2.35. The van der Waals surface area contributed by atoms with Crippen molar-refractivity contribution in [2.24, 2.45) is 13.0 Å². The highest BCUT2D eigenvalue weighted by atomic mass is 32.2. The normalized spacial score (nSPS) is 18.4. The Hall–Kier alpha value is -3.77. The number of hydrogen-bond donors (Lipinski definition) is 1. The molecule has 3 aromatic heterocycles. The Balaban J connectivity index is 1.24. The van der Waals surface area contributed by atoms with Crippen LogP contribution >= 0.6 is 0 Å². The van der Waals surface area contributed by atoms with Gasteiger partial charge in [-0.1, -0.05) is 30.3 Å². The van der Waals surface area contributed by atoms with Gasteiger partial charge in [0, 0.05) is 39.2 Å². The minimum atomic E-state index is -3.79. The van der Waals surface area contributed by atoms with Crippen LogP contribution in [0.25, 0.3) is 16.9 Å². The Morgan fingerprint density at radius 3 is 2.62 bits per heavy atom. The number of sulfonamides is 1. The molecule has 0 aliphatic carbocycles. The van der Waals surface area contributed by atoms with Gasteiger partial charge in [-0.05, 0) is 32.3 Å². The topological polar surface area (TPSA) is 126 Å². The molecule has 1 N–H and O–H groups in total. The smallest absolute Gasteiger partial charge is 0.277 e. The van der Waals surface area contributed by atoms with Gasteiger partial charge in [0.1, 0.15) is 4.90 Å². The van der Waals surface area contributed by atoms with Crippen molar-refractivity contribution in [2.45, 2.75) is 44.6 Å². The first-order valence-corrected chi connectivity index (χ1v) is 14.6. The van der Waals surface area contributed by atoms with Crippen molar-refractivity contribution in [1.82, 2.24) is 33.6 Å². The van der Waals surface area contributed by atoms with Crippen LogP contribution in [0.1, 0.15) is 35.5 Å². The molecular weight excluding hydrogens is 518 g/mol. The van der Waals surface area contributed by atoms with Gasteiger partial charge in [-0.3, -0.25) is 19.4 Å². The minimum absolute atomic E-state index is 0.117. The number of aromatic nitrogens is 5. The number of aryl methyl sites for hydroxylation is 2. The summed E-state index contributed by atoms with van der Waals surface area (Å²) in [4.78, 5) is 33.7. The van der Waals surface area contributed by atoms with Crippen LogP contribution in [0.3, 0.4) is 0 Å². The van der Waals surface area contributed by atoms with E-state index in [1.807, 2.05) is 36.4 Å². The first kappa shape index (κ1) is 25.5. The quantitative estimate of drug-likeness (QED) is 0.415. The predicted octanol–water partition coefficient (Wildman–Crippen LogP) is 2.03. The van der Waals surface area contributed by atoms with E-state index >= 15 is 0 Å². The number of rotatable bonds is 4. The molecule has 2 aliphatic heterocycles. The third-order valence-corrected chi connectivity index (χ3v) is 10.0. The molecule has 1 aromatic carbocycles. The zero-order valence-electron chi connectivity index (χ0n) is 22.2. The van der Waals surface area contributed by atoms with Gasteiger partial charge in [-0.2, -0.15) is 9.40 Å². The maximum absolute atomic E-state index is 13.6. The number of hydrogen-bond acceptors (Lipinski definition) is 6. The van der Waals surface area contributed by atoms with E-state index in [1.54, 1.807) is 30.5 Å². The number of amides is 1. The van der Waals surface area contributed by atoms with E-state index in [-0.39, 0.29) is 29.5 Å². The van der Waals surface area contributed by atoms with Crippen LogP contribution < -0.4 is 5.56 Å². The second kappa shape index (κ2) is 9.45. The van der Waals surface area contributed by atoms with E-state index in [4.69, 9.17) is 4.98 Å². The number of nitrogens with zero attached hydrogens (tertiary/aromatic N) is 6. The summed E-state index contributed by atoms with van der Waals surface area (Å²) >= 11 is 0. The Kier molecular flexibility index (Phi) is 6.18. The van der Waals surface area contributed by atoms with Crippen LogP contribution in [-0.4, -0.2) is 67.5 Å². The molecule has 1 amide bonds. The molecule has 4 aromatic rings. The molecule has 2 aliphatic rings. The van der Waals surface area contributed by atoms with Crippen LogP contribution in [0, 0.1) is 19.8 Å². The third kappa shape index (κ3) is 4.27. The van der Waals surface area contributed by atoms with Gasteiger partial charge in [0.15, 0.2) is 5.65 Å². The van der Waals surface area contributed by atoms with Gasteiger partial charge in [0.05, 0.1) is 40.8 Å². The van der Waals surface area contributed by atoms with E-state index in [2.05, 4.69) is 10.2 Å². The molecule has 6 rings (SSSR count). The zero-order chi connectivity index (χ0) is 27.5. The second-order valence-electron chi connectivity index (χ2n) is 10.4. The fourth-order valence-electron chi connectivity index (χ4n) is 5.81. The first-order chi connectivity index (χ1) is 18.6. The first-order valence-electron chi connectivity index (χ1n) is 13.1. The predicted molar refractivity (Wildman–Crippen MR) is 145 cm³/mol. The van der Waals surface area contributed by atoms with E-state index in [0.29, 0.717) is 60.6 Å². The summed E-state index contributed by atoms with van der Waals surface area (Å²) in [6.45, 7) is 4.50. The molecule has 1 saturated heterocycles. The summed E-state index contributed by atoms with van der Waals surface area (Å²) in [5, 5.41) is 7.41. The summed E-state index contributed by atoms with van der Waals surface area (Å²) in [6, 6.07) is 11.6. The Labute approximate surface area is 226 Å². The molecule has 204 valence electrons. The average Bonchev–Trinajstić information content (AvgIpc) is 3.48. The fourth-order valence-corrected chi connectivity index (χ4v) is 7.74. The second-order valence-corrected chi connectivity index (χ2v) is 12.3. The molecule has 0 spiro atoms. The number of aromatic amines is 1. The lowest BCUT2D eigenvalue weighted by atomic mass is 9.96. The van der Waals surface area contributed by atoms with Crippen molar-refractivity contribution in [1.29, 1.82) is 0 Å². The molecule has 12 heteroatoms. The SMILES string of the molecule is Cc1nn(C)c(C)c1S(=O)(=O)N1CCCC(C(=O)N2CCc3nc4cc(-c5ccccc5)[nH]n4c(=O)c3C2)C1. The Bertz CT molecular complexity index is 1750. The van der Waals surface area contributed by atoms with Crippen molar-refractivity contribution in [3.05, 3.63) is 69.4 Å². The van der Waals surface area contributed by atoms with E-state index in [0.717, 1.165) is 11.3 Å². The van der Waals surface area contributed by atoms with Gasteiger partial charge in [0.25, 0.3) is 5.56 Å². The zero-order valence-corrected chi connectivity index (χ0v) is 23.0. The number of benzene rings is 1. The molecule has 11 nitrogen and oxygen atoms in total. The molecule has 0 bridgehead atoms. The van der Waals surface area contributed by atoms with Crippen molar-refractivity contribution >= 4 is 21.6 Å². The Morgan fingerprint density at radius 1 is 1.13 bits per heavy atom. The van der Waals surface area contributed by atoms with Gasteiger partial charge < -0.3 is 4.90 Å². The lowest BCUT2D eigenvalue weighted by Crippen LogP contribution is -2.48. The standard InChI is InChI=1S/C27H31N7O4S/c1-17-25(18(2)31(3)29-17)39(37,38)33-12-7-10-20(15-33)26(35)32-13-11-22-21(16-32)27(36)34-24(28-22)14-23(30-34)19-8-5-4-6-9-19/h4-6,8-9,14,20,30H,7,10-13,15-16H2,1-3H3. The molecule has 5 heterocycles. The van der Waals surface area contributed by atoms with Gasteiger partial charge in [-0.15, -0.1) is 0 Å². The largest absolute Gasteiger partial charge is 0.337 e. The number of piperidine rings is 1. The van der Waals surface area contributed by atoms with Crippen molar-refractivity contribution in [3.63, 3.8) is 0 Å². The third-order valence-electron chi connectivity index (χ3n) is 7.93. The van der Waals surface area contributed by atoms with Crippen molar-refractivity contribution in [2.75, 3.05) is 19.6 Å². The molecule has 1 fully saturated rings. The number of H-pyrrole nitrogens is 1. The molecule has 0 radical (unpaired) electrons. The number of carbonyl (C=O) groups excluding carboxylic acids is 1. The summed E-state index contributed by atoms with van der Waals surface area (Å²) in [5.74, 6) is -0.594. The lowest BCUT2D eigenvalue weighted by molar-refractivity contribution is -0.137. The minimum Gasteiger partial charge on any atom is -0.337 e. The van der Waals surface area contributed by atoms with Crippen LogP contribution in [0.2, 0.25) is 0 Å². The van der Waals surface area contributed by atoms with E-state index < -0.39 is 15.9 Å². The molecule has 0 saturated carbocycles. The monoisotopic (exact) mass is 549 g/mol. The highest BCUT2D eigenvalue weighted by Gasteiger charge is 2.38. The molecule has 39 heavy (non-hydrogen) atoms. The molecular formula is C27H31N7O4S. The highest BCUT2D eigenvalue weighted by Crippen LogP contribution is 2.29.